The first kappa shape index (κ1) is 15.3. The monoisotopic (exact) mass is 314 g/mol. The maximum atomic E-state index is 12.6. The molecule has 3 nitrogen and oxygen atoms in total. The topological polar surface area (TPSA) is 25.2 Å². The highest BCUT2D eigenvalue weighted by Crippen LogP contribution is 2.17. The normalized spacial score (nSPS) is 12.5. The fraction of sp³-hybridized carbons (Fsp3) is 0.643. The molecule has 102 valence electrons. The Balaban J connectivity index is 2.91. The van der Waals surface area contributed by atoms with Crippen LogP contribution in [0.2, 0.25) is 0 Å². The average molecular weight is 315 g/mol. The van der Waals surface area contributed by atoms with Crippen molar-refractivity contribution < 1.29 is 4.79 Å². The molecule has 0 bridgehead atoms. The van der Waals surface area contributed by atoms with E-state index in [1.165, 1.54) is 0 Å². The molecular formula is C14H23BrN2O. The van der Waals surface area contributed by atoms with Crippen molar-refractivity contribution in [2.24, 2.45) is 7.05 Å². The number of unbranched alkanes of at least 4 members (excludes halogenated alkanes) is 1. The molecule has 0 N–H and O–H groups in total. The number of amides is 1. The van der Waals surface area contributed by atoms with Crippen LogP contribution in [0.1, 0.15) is 50.5 Å². The lowest BCUT2D eigenvalue weighted by Gasteiger charge is -2.28. The molecule has 1 aromatic heterocycles. The summed E-state index contributed by atoms with van der Waals surface area (Å²) in [6, 6.07) is 2.18. The summed E-state index contributed by atoms with van der Waals surface area (Å²) in [4.78, 5) is 14.6. The van der Waals surface area contributed by atoms with Crippen molar-refractivity contribution in [2.45, 2.75) is 46.1 Å². The second-order valence-corrected chi connectivity index (χ2v) is 5.68. The zero-order valence-electron chi connectivity index (χ0n) is 11.7. The van der Waals surface area contributed by atoms with Gasteiger partial charge in [-0.25, -0.2) is 0 Å². The molecule has 4 heteroatoms. The highest BCUT2D eigenvalue weighted by Gasteiger charge is 2.22. The van der Waals surface area contributed by atoms with Crippen LogP contribution in [0.3, 0.4) is 0 Å². The Hall–Kier alpha value is -0.770. The number of rotatable bonds is 6. The van der Waals surface area contributed by atoms with E-state index in [-0.39, 0.29) is 11.9 Å². The van der Waals surface area contributed by atoms with Gasteiger partial charge in [-0.05, 0) is 41.8 Å². The molecule has 1 heterocycles. The van der Waals surface area contributed by atoms with Gasteiger partial charge in [0.25, 0.3) is 5.91 Å². The van der Waals surface area contributed by atoms with Crippen LogP contribution in [0.5, 0.6) is 0 Å². The van der Waals surface area contributed by atoms with Gasteiger partial charge in [0.15, 0.2) is 0 Å². The second kappa shape index (κ2) is 6.98. The maximum absolute atomic E-state index is 12.6. The highest BCUT2D eigenvalue weighted by atomic mass is 79.9. The molecule has 0 aliphatic carbocycles. The van der Waals surface area contributed by atoms with Crippen LogP contribution >= 0.6 is 15.9 Å². The SMILES string of the molecule is CCCCN(C(=O)c1cc(Br)cn1C)C(C)CC. The first-order valence-corrected chi connectivity index (χ1v) is 7.43. The van der Waals surface area contributed by atoms with Gasteiger partial charge in [-0.1, -0.05) is 20.3 Å². The van der Waals surface area contributed by atoms with Gasteiger partial charge >= 0.3 is 0 Å². The molecule has 0 aromatic carbocycles. The number of carbonyl (C=O) groups is 1. The third-order valence-electron chi connectivity index (χ3n) is 3.33. The number of halogens is 1. The molecular weight excluding hydrogens is 292 g/mol. The fourth-order valence-electron chi connectivity index (χ4n) is 1.95. The van der Waals surface area contributed by atoms with Crippen LogP contribution < -0.4 is 0 Å². The molecule has 0 saturated heterocycles. The van der Waals surface area contributed by atoms with E-state index in [0.717, 1.165) is 36.0 Å². The number of hydrogen-bond donors (Lipinski definition) is 0. The van der Waals surface area contributed by atoms with Crippen LogP contribution in [0.4, 0.5) is 0 Å². The van der Waals surface area contributed by atoms with Crippen molar-refractivity contribution in [1.82, 2.24) is 9.47 Å². The number of hydrogen-bond acceptors (Lipinski definition) is 1. The molecule has 1 rings (SSSR count). The van der Waals surface area contributed by atoms with Crippen LogP contribution in [0.15, 0.2) is 16.7 Å². The lowest BCUT2D eigenvalue weighted by atomic mass is 10.2. The van der Waals surface area contributed by atoms with Gasteiger partial charge in [0.2, 0.25) is 0 Å². The zero-order chi connectivity index (χ0) is 13.7. The Kier molecular flexibility index (Phi) is 5.93. The summed E-state index contributed by atoms with van der Waals surface area (Å²) in [6.45, 7) is 7.23. The lowest BCUT2D eigenvalue weighted by Crippen LogP contribution is -2.39. The number of nitrogens with zero attached hydrogens (tertiary/aromatic N) is 2. The molecule has 0 radical (unpaired) electrons. The zero-order valence-corrected chi connectivity index (χ0v) is 13.3. The predicted octanol–water partition coefficient (Wildman–Crippen LogP) is 3.83. The van der Waals surface area contributed by atoms with E-state index in [1.54, 1.807) is 0 Å². The van der Waals surface area contributed by atoms with Gasteiger partial charge in [-0.2, -0.15) is 0 Å². The van der Waals surface area contributed by atoms with E-state index in [4.69, 9.17) is 0 Å². The molecule has 0 spiro atoms. The lowest BCUT2D eigenvalue weighted by molar-refractivity contribution is 0.0675. The Labute approximate surface area is 118 Å². The van der Waals surface area contributed by atoms with Crippen molar-refractivity contribution in [2.75, 3.05) is 6.54 Å². The first-order valence-electron chi connectivity index (χ1n) is 6.64. The second-order valence-electron chi connectivity index (χ2n) is 4.76. The largest absolute Gasteiger partial charge is 0.345 e. The Bertz CT molecular complexity index is 400. The summed E-state index contributed by atoms with van der Waals surface area (Å²) in [7, 11) is 1.91. The predicted molar refractivity (Wildman–Crippen MR) is 78.8 cm³/mol. The van der Waals surface area contributed by atoms with Gasteiger partial charge < -0.3 is 9.47 Å². The molecule has 1 atom stereocenters. The Morgan fingerprint density at radius 2 is 2.17 bits per heavy atom. The van der Waals surface area contributed by atoms with Crippen LogP contribution in [0, 0.1) is 0 Å². The van der Waals surface area contributed by atoms with Crippen LogP contribution in [-0.4, -0.2) is 28.0 Å². The van der Waals surface area contributed by atoms with E-state index in [1.807, 2.05) is 28.8 Å². The van der Waals surface area contributed by atoms with E-state index in [2.05, 4.69) is 36.7 Å². The minimum Gasteiger partial charge on any atom is -0.345 e. The summed E-state index contributed by atoms with van der Waals surface area (Å²) in [5, 5.41) is 0. The van der Waals surface area contributed by atoms with Crippen molar-refractivity contribution in [3.8, 4) is 0 Å². The van der Waals surface area contributed by atoms with E-state index in [9.17, 15) is 4.79 Å². The first-order chi connectivity index (χ1) is 8.51. The molecule has 0 aliphatic heterocycles. The maximum Gasteiger partial charge on any atom is 0.270 e. The van der Waals surface area contributed by atoms with Gasteiger partial charge in [-0.15, -0.1) is 0 Å². The molecule has 0 aliphatic rings. The highest BCUT2D eigenvalue weighted by molar-refractivity contribution is 9.10. The number of carbonyl (C=O) groups excluding carboxylic acids is 1. The number of aromatic nitrogens is 1. The van der Waals surface area contributed by atoms with E-state index < -0.39 is 0 Å². The number of aryl methyl sites for hydroxylation is 1. The summed E-state index contributed by atoms with van der Waals surface area (Å²) >= 11 is 3.42. The Morgan fingerprint density at radius 3 is 2.61 bits per heavy atom. The average Bonchev–Trinajstić information content (AvgIpc) is 2.68. The molecule has 0 saturated carbocycles. The summed E-state index contributed by atoms with van der Waals surface area (Å²) < 4.78 is 2.83. The van der Waals surface area contributed by atoms with Gasteiger partial charge in [0, 0.05) is 30.3 Å². The summed E-state index contributed by atoms with van der Waals surface area (Å²) in [6.07, 6.45) is 5.07. The standard InChI is InChI=1S/C14H23BrN2O/c1-5-7-8-17(11(3)6-2)14(18)13-9-12(15)10-16(13)4/h9-11H,5-8H2,1-4H3. The van der Waals surface area contributed by atoms with Crippen molar-refractivity contribution >= 4 is 21.8 Å². The van der Waals surface area contributed by atoms with E-state index in [0.29, 0.717) is 0 Å². The van der Waals surface area contributed by atoms with Gasteiger partial charge in [0.05, 0.1) is 0 Å². The van der Waals surface area contributed by atoms with Crippen molar-refractivity contribution in [3.05, 3.63) is 22.4 Å². The molecule has 1 amide bonds. The van der Waals surface area contributed by atoms with E-state index >= 15 is 0 Å². The summed E-state index contributed by atoms with van der Waals surface area (Å²) in [5.74, 6) is 0.131. The Morgan fingerprint density at radius 1 is 1.50 bits per heavy atom. The minimum absolute atomic E-state index is 0.131. The quantitative estimate of drug-likeness (QED) is 0.783. The van der Waals surface area contributed by atoms with Gasteiger partial charge in [0.1, 0.15) is 5.69 Å². The minimum atomic E-state index is 0.131. The van der Waals surface area contributed by atoms with Crippen molar-refractivity contribution in [3.63, 3.8) is 0 Å². The third-order valence-corrected chi connectivity index (χ3v) is 3.76. The molecule has 1 unspecified atom stereocenters. The fourth-order valence-corrected chi connectivity index (χ4v) is 2.48. The van der Waals surface area contributed by atoms with Gasteiger partial charge in [-0.3, -0.25) is 4.79 Å². The molecule has 18 heavy (non-hydrogen) atoms. The summed E-state index contributed by atoms with van der Waals surface area (Å²) in [5.41, 5.74) is 0.748. The third kappa shape index (κ3) is 3.61. The van der Waals surface area contributed by atoms with Crippen molar-refractivity contribution in [1.29, 1.82) is 0 Å². The molecule has 0 fully saturated rings. The van der Waals surface area contributed by atoms with Crippen LogP contribution in [0.25, 0.3) is 0 Å². The molecule has 1 aromatic rings. The smallest absolute Gasteiger partial charge is 0.270 e. The van der Waals surface area contributed by atoms with Crippen LogP contribution in [-0.2, 0) is 7.05 Å².